The first kappa shape index (κ1) is 9.96. The molecule has 0 bridgehead atoms. The molecule has 0 radical (unpaired) electrons. The second kappa shape index (κ2) is 3.88. The lowest BCUT2D eigenvalue weighted by Crippen LogP contribution is -2.27. The highest BCUT2D eigenvalue weighted by Gasteiger charge is 2.19. The van der Waals surface area contributed by atoms with Crippen molar-refractivity contribution in [1.82, 2.24) is 0 Å². The van der Waals surface area contributed by atoms with E-state index in [2.05, 4.69) is 5.32 Å². The van der Waals surface area contributed by atoms with Crippen molar-refractivity contribution in [2.75, 3.05) is 5.32 Å². The molecule has 0 saturated carbocycles. The molecule has 0 fully saturated rings. The molecule has 0 aromatic heterocycles. The topological polar surface area (TPSA) is 49.3 Å². The van der Waals surface area contributed by atoms with Crippen molar-refractivity contribution in [2.45, 2.75) is 25.3 Å². The van der Waals surface area contributed by atoms with Gasteiger partial charge in [-0.25, -0.2) is 4.39 Å². The minimum atomic E-state index is -0.807. The summed E-state index contributed by atoms with van der Waals surface area (Å²) in [7, 11) is 0. The third-order valence-electron chi connectivity index (χ3n) is 2.61. The van der Waals surface area contributed by atoms with E-state index in [0.717, 1.165) is 24.1 Å². The molecule has 0 saturated heterocycles. The third-order valence-corrected chi connectivity index (χ3v) is 2.61. The second-order valence-corrected chi connectivity index (χ2v) is 3.78. The van der Waals surface area contributed by atoms with Gasteiger partial charge in [-0.15, -0.1) is 0 Å². The third kappa shape index (κ3) is 2.26. The number of nitrogens with one attached hydrogen (secondary N) is 1. The Morgan fingerprint density at radius 2 is 2.40 bits per heavy atom. The molecule has 1 unspecified atom stereocenters. The molecule has 1 aliphatic heterocycles. The molecule has 2 N–H and O–H groups in total. The molecule has 3 nitrogen and oxygen atoms in total. The number of carbonyl (C=O) groups is 1. The molecule has 1 aromatic rings. The van der Waals surface area contributed by atoms with Crippen molar-refractivity contribution in [3.63, 3.8) is 0 Å². The monoisotopic (exact) mass is 209 g/mol. The largest absolute Gasteiger partial charge is 0.481 e. The summed E-state index contributed by atoms with van der Waals surface area (Å²) in [4.78, 5) is 10.5. The average Bonchev–Trinajstić information content (AvgIpc) is 2.17. The number of carboxylic acid groups (broad SMARTS) is 1. The first-order chi connectivity index (χ1) is 7.15. The quantitative estimate of drug-likeness (QED) is 0.783. The lowest BCUT2D eigenvalue weighted by Gasteiger charge is -2.25. The van der Waals surface area contributed by atoms with Gasteiger partial charge in [-0.05, 0) is 36.6 Å². The maximum Gasteiger partial charge on any atom is 0.305 e. The van der Waals surface area contributed by atoms with Crippen LogP contribution in [0.3, 0.4) is 0 Å². The van der Waals surface area contributed by atoms with Crippen molar-refractivity contribution < 1.29 is 14.3 Å². The maximum absolute atomic E-state index is 12.9. The fraction of sp³-hybridized carbons (Fsp3) is 0.364. The molecular formula is C11H12FNO2. The van der Waals surface area contributed by atoms with Crippen LogP contribution in [0.4, 0.5) is 10.1 Å². The summed E-state index contributed by atoms with van der Waals surface area (Å²) in [6.45, 7) is 0. The number of hydrogen-bond donors (Lipinski definition) is 2. The van der Waals surface area contributed by atoms with E-state index in [1.807, 2.05) is 0 Å². The van der Waals surface area contributed by atoms with Gasteiger partial charge in [0.15, 0.2) is 0 Å². The van der Waals surface area contributed by atoms with E-state index in [1.165, 1.54) is 12.1 Å². The molecule has 4 heteroatoms. The number of anilines is 1. The molecule has 2 rings (SSSR count). The smallest absolute Gasteiger partial charge is 0.305 e. The van der Waals surface area contributed by atoms with Crippen LogP contribution in [0.2, 0.25) is 0 Å². The average molecular weight is 209 g/mol. The number of rotatable bonds is 2. The Hall–Kier alpha value is -1.58. The van der Waals surface area contributed by atoms with Crippen molar-refractivity contribution in [3.8, 4) is 0 Å². The van der Waals surface area contributed by atoms with Crippen LogP contribution in [-0.2, 0) is 11.2 Å². The number of fused-ring (bicyclic) bond motifs is 1. The standard InChI is InChI=1S/C11H12FNO2/c12-8-2-4-10-7(5-8)1-3-9(13-10)6-11(14)15/h2,4-5,9,13H,1,3,6H2,(H,14,15). The van der Waals surface area contributed by atoms with Crippen molar-refractivity contribution in [2.24, 2.45) is 0 Å². The van der Waals surface area contributed by atoms with Crippen LogP contribution in [0, 0.1) is 5.82 Å². The van der Waals surface area contributed by atoms with Crippen LogP contribution >= 0.6 is 0 Å². The number of hydrogen-bond acceptors (Lipinski definition) is 2. The number of aryl methyl sites for hydroxylation is 1. The molecule has 0 aliphatic carbocycles. The zero-order valence-corrected chi connectivity index (χ0v) is 8.16. The predicted octanol–water partition coefficient (Wildman–Crippen LogP) is 2.03. The number of benzene rings is 1. The van der Waals surface area contributed by atoms with Crippen LogP contribution in [0.1, 0.15) is 18.4 Å². The summed E-state index contributed by atoms with van der Waals surface area (Å²) in [5.74, 6) is -1.05. The molecule has 1 aliphatic rings. The minimum absolute atomic E-state index is 0.0412. The Kier molecular flexibility index (Phi) is 2.58. The van der Waals surface area contributed by atoms with Crippen LogP contribution in [0.15, 0.2) is 18.2 Å². The lowest BCUT2D eigenvalue weighted by molar-refractivity contribution is -0.137. The van der Waals surface area contributed by atoms with Crippen LogP contribution in [-0.4, -0.2) is 17.1 Å². The molecule has 1 atom stereocenters. The van der Waals surface area contributed by atoms with E-state index in [-0.39, 0.29) is 18.3 Å². The molecule has 80 valence electrons. The van der Waals surface area contributed by atoms with Gasteiger partial charge in [0.1, 0.15) is 5.82 Å². The summed E-state index contributed by atoms with van der Waals surface area (Å²) in [6, 6.07) is 4.51. The highest BCUT2D eigenvalue weighted by molar-refractivity contribution is 5.69. The summed E-state index contributed by atoms with van der Waals surface area (Å²) < 4.78 is 12.9. The number of carboxylic acids is 1. The summed E-state index contributed by atoms with van der Waals surface area (Å²) in [5, 5.41) is 11.8. The van der Waals surface area contributed by atoms with Gasteiger partial charge in [0.25, 0.3) is 0 Å². The number of aliphatic carboxylic acids is 1. The Bertz CT molecular complexity index is 392. The van der Waals surface area contributed by atoms with E-state index < -0.39 is 5.97 Å². The zero-order valence-electron chi connectivity index (χ0n) is 8.16. The second-order valence-electron chi connectivity index (χ2n) is 3.78. The summed E-state index contributed by atoms with van der Waals surface area (Å²) in [5.41, 5.74) is 1.78. The first-order valence-corrected chi connectivity index (χ1v) is 4.92. The van der Waals surface area contributed by atoms with Crippen LogP contribution in [0.5, 0.6) is 0 Å². The maximum atomic E-state index is 12.9. The Labute approximate surface area is 86.9 Å². The van der Waals surface area contributed by atoms with Crippen LogP contribution in [0.25, 0.3) is 0 Å². The highest BCUT2D eigenvalue weighted by Crippen LogP contribution is 2.26. The normalized spacial score (nSPS) is 19.1. The van der Waals surface area contributed by atoms with Crippen molar-refractivity contribution in [3.05, 3.63) is 29.6 Å². The summed E-state index contributed by atoms with van der Waals surface area (Å²) in [6.07, 6.45) is 1.58. The van der Waals surface area contributed by atoms with Crippen LogP contribution < -0.4 is 5.32 Å². The fourth-order valence-corrected chi connectivity index (χ4v) is 1.90. The van der Waals surface area contributed by atoms with E-state index in [0.29, 0.717) is 0 Å². The van der Waals surface area contributed by atoms with E-state index in [1.54, 1.807) is 6.07 Å². The van der Waals surface area contributed by atoms with E-state index >= 15 is 0 Å². The Morgan fingerprint density at radius 3 is 3.13 bits per heavy atom. The van der Waals surface area contributed by atoms with Gasteiger partial charge in [0, 0.05) is 11.7 Å². The van der Waals surface area contributed by atoms with Gasteiger partial charge < -0.3 is 10.4 Å². The molecule has 1 heterocycles. The molecule has 1 aromatic carbocycles. The SMILES string of the molecule is O=C(O)CC1CCc2cc(F)ccc2N1. The van der Waals surface area contributed by atoms with Crippen molar-refractivity contribution >= 4 is 11.7 Å². The Morgan fingerprint density at radius 1 is 1.60 bits per heavy atom. The van der Waals surface area contributed by atoms with Gasteiger partial charge in [-0.2, -0.15) is 0 Å². The van der Waals surface area contributed by atoms with Crippen molar-refractivity contribution in [1.29, 1.82) is 0 Å². The van der Waals surface area contributed by atoms with E-state index in [4.69, 9.17) is 5.11 Å². The predicted molar refractivity (Wildman–Crippen MR) is 54.4 cm³/mol. The number of halogens is 1. The highest BCUT2D eigenvalue weighted by atomic mass is 19.1. The van der Waals surface area contributed by atoms with Gasteiger partial charge in [-0.1, -0.05) is 0 Å². The Balaban J connectivity index is 2.13. The van der Waals surface area contributed by atoms with Gasteiger partial charge in [-0.3, -0.25) is 4.79 Å². The minimum Gasteiger partial charge on any atom is -0.481 e. The van der Waals surface area contributed by atoms with E-state index in [9.17, 15) is 9.18 Å². The molecule has 0 amide bonds. The molecular weight excluding hydrogens is 197 g/mol. The first-order valence-electron chi connectivity index (χ1n) is 4.92. The zero-order chi connectivity index (χ0) is 10.8. The summed E-state index contributed by atoms with van der Waals surface area (Å²) >= 11 is 0. The van der Waals surface area contributed by atoms with Gasteiger partial charge >= 0.3 is 5.97 Å². The molecule has 0 spiro atoms. The van der Waals surface area contributed by atoms with Gasteiger partial charge in [0.2, 0.25) is 0 Å². The lowest BCUT2D eigenvalue weighted by atomic mass is 9.96. The van der Waals surface area contributed by atoms with Gasteiger partial charge in [0.05, 0.1) is 6.42 Å². The molecule has 15 heavy (non-hydrogen) atoms. The fourth-order valence-electron chi connectivity index (χ4n) is 1.90.